The number of aromatic nitrogens is 2. The highest BCUT2D eigenvalue weighted by atomic mass is 16.5. The molecule has 1 heterocycles. The molecular formula is C18H20N2O3. The third kappa shape index (κ3) is 3.14. The fourth-order valence-corrected chi connectivity index (χ4v) is 2.70. The van der Waals surface area contributed by atoms with E-state index in [0.29, 0.717) is 5.75 Å². The second-order valence-corrected chi connectivity index (χ2v) is 5.72. The lowest BCUT2D eigenvalue weighted by atomic mass is 10.2. The van der Waals surface area contributed by atoms with Crippen molar-refractivity contribution in [3.63, 3.8) is 0 Å². The van der Waals surface area contributed by atoms with Crippen LogP contribution in [0.1, 0.15) is 5.56 Å². The van der Waals surface area contributed by atoms with E-state index in [0.717, 1.165) is 16.6 Å². The normalized spacial score (nSPS) is 12.5. The molecule has 0 radical (unpaired) electrons. The molecule has 5 nitrogen and oxygen atoms in total. The minimum atomic E-state index is -0.765. The Morgan fingerprint density at radius 3 is 2.61 bits per heavy atom. The minimum Gasteiger partial charge on any atom is -0.491 e. The maximum absolute atomic E-state index is 12.3. The van der Waals surface area contributed by atoms with E-state index in [2.05, 4.69) is 0 Å². The molecule has 0 aliphatic carbocycles. The molecule has 0 saturated carbocycles. The Balaban J connectivity index is 1.74. The van der Waals surface area contributed by atoms with Crippen molar-refractivity contribution in [2.75, 3.05) is 6.61 Å². The SMILES string of the molecule is Cc1cccc(OC[C@H](O)Cn2c(=O)n(C)c3ccccc32)c1. The number of aryl methyl sites for hydroxylation is 2. The quantitative estimate of drug-likeness (QED) is 0.785. The van der Waals surface area contributed by atoms with Crippen molar-refractivity contribution in [2.45, 2.75) is 19.6 Å². The van der Waals surface area contributed by atoms with Gasteiger partial charge in [0.15, 0.2) is 0 Å². The number of nitrogens with zero attached hydrogens (tertiary/aromatic N) is 2. The van der Waals surface area contributed by atoms with Gasteiger partial charge in [0, 0.05) is 7.05 Å². The molecule has 3 rings (SSSR count). The van der Waals surface area contributed by atoms with Crippen LogP contribution in [0.2, 0.25) is 0 Å². The number of aliphatic hydroxyl groups is 1. The van der Waals surface area contributed by atoms with Crippen LogP contribution in [0.5, 0.6) is 5.75 Å². The maximum atomic E-state index is 12.3. The standard InChI is InChI=1S/C18H20N2O3/c1-13-6-5-7-15(10-13)23-12-14(21)11-20-17-9-4-3-8-16(17)19(2)18(20)22/h3-10,14,21H,11-12H2,1-2H3/t14-/m1/s1. The van der Waals surface area contributed by atoms with E-state index >= 15 is 0 Å². The molecule has 0 unspecified atom stereocenters. The second kappa shape index (κ2) is 6.30. The first-order chi connectivity index (χ1) is 11.1. The number of imidazole rings is 1. The summed E-state index contributed by atoms with van der Waals surface area (Å²) in [6.07, 6.45) is -0.765. The van der Waals surface area contributed by atoms with E-state index in [9.17, 15) is 9.90 Å². The van der Waals surface area contributed by atoms with Crippen LogP contribution < -0.4 is 10.4 Å². The number of hydrogen-bond donors (Lipinski definition) is 1. The Morgan fingerprint density at radius 1 is 1.13 bits per heavy atom. The van der Waals surface area contributed by atoms with Crippen molar-refractivity contribution in [3.8, 4) is 5.75 Å². The highest BCUT2D eigenvalue weighted by molar-refractivity contribution is 5.75. The molecule has 3 aromatic rings. The molecule has 0 bridgehead atoms. The second-order valence-electron chi connectivity index (χ2n) is 5.72. The Bertz CT molecular complexity index is 879. The van der Waals surface area contributed by atoms with Crippen LogP contribution in [0, 0.1) is 6.92 Å². The zero-order valence-electron chi connectivity index (χ0n) is 13.3. The van der Waals surface area contributed by atoms with Gasteiger partial charge < -0.3 is 9.84 Å². The molecule has 0 spiro atoms. The molecule has 0 amide bonds. The van der Waals surface area contributed by atoms with Gasteiger partial charge in [-0.2, -0.15) is 0 Å². The molecule has 1 atom stereocenters. The average Bonchev–Trinajstić information content (AvgIpc) is 2.79. The zero-order valence-corrected chi connectivity index (χ0v) is 13.3. The van der Waals surface area contributed by atoms with E-state index < -0.39 is 6.10 Å². The topological polar surface area (TPSA) is 56.4 Å². The molecule has 0 fully saturated rings. The van der Waals surface area contributed by atoms with Crippen molar-refractivity contribution >= 4 is 11.0 Å². The number of benzene rings is 2. The van der Waals surface area contributed by atoms with E-state index in [-0.39, 0.29) is 18.8 Å². The third-order valence-corrected chi connectivity index (χ3v) is 3.88. The summed E-state index contributed by atoms with van der Waals surface area (Å²) in [5, 5.41) is 10.2. The first kappa shape index (κ1) is 15.4. The Labute approximate surface area is 134 Å². The number of rotatable bonds is 5. The highest BCUT2D eigenvalue weighted by Crippen LogP contribution is 2.14. The summed E-state index contributed by atoms with van der Waals surface area (Å²) >= 11 is 0. The molecule has 1 aromatic heterocycles. The average molecular weight is 312 g/mol. The predicted molar refractivity (Wildman–Crippen MR) is 89.9 cm³/mol. The number of hydrogen-bond acceptors (Lipinski definition) is 3. The lowest BCUT2D eigenvalue weighted by Crippen LogP contribution is -2.30. The summed E-state index contributed by atoms with van der Waals surface area (Å²) in [6.45, 7) is 2.32. The smallest absolute Gasteiger partial charge is 0.328 e. The summed E-state index contributed by atoms with van der Waals surface area (Å²) in [4.78, 5) is 12.3. The van der Waals surface area contributed by atoms with E-state index in [4.69, 9.17) is 4.74 Å². The lowest BCUT2D eigenvalue weighted by Gasteiger charge is -2.13. The Kier molecular flexibility index (Phi) is 4.21. The molecule has 5 heteroatoms. The molecular weight excluding hydrogens is 292 g/mol. The van der Waals surface area contributed by atoms with Crippen molar-refractivity contribution in [3.05, 3.63) is 64.6 Å². The molecule has 0 saturated heterocycles. The largest absolute Gasteiger partial charge is 0.491 e. The number of aliphatic hydroxyl groups excluding tert-OH is 1. The van der Waals surface area contributed by atoms with E-state index in [1.54, 1.807) is 16.2 Å². The van der Waals surface area contributed by atoms with Gasteiger partial charge in [0.05, 0.1) is 17.6 Å². The van der Waals surface area contributed by atoms with Gasteiger partial charge in [0.1, 0.15) is 18.5 Å². The highest BCUT2D eigenvalue weighted by Gasteiger charge is 2.14. The van der Waals surface area contributed by atoms with Crippen LogP contribution in [-0.4, -0.2) is 27.0 Å². The fourth-order valence-electron chi connectivity index (χ4n) is 2.70. The number of para-hydroxylation sites is 2. The van der Waals surface area contributed by atoms with E-state index in [1.165, 1.54) is 0 Å². The maximum Gasteiger partial charge on any atom is 0.328 e. The predicted octanol–water partition coefficient (Wildman–Crippen LogP) is 2.09. The first-order valence-electron chi connectivity index (χ1n) is 7.58. The first-order valence-corrected chi connectivity index (χ1v) is 7.58. The van der Waals surface area contributed by atoms with Gasteiger partial charge in [0.25, 0.3) is 0 Å². The van der Waals surface area contributed by atoms with Gasteiger partial charge in [0.2, 0.25) is 0 Å². The van der Waals surface area contributed by atoms with Gasteiger partial charge in [-0.15, -0.1) is 0 Å². The molecule has 2 aromatic carbocycles. The molecule has 23 heavy (non-hydrogen) atoms. The van der Waals surface area contributed by atoms with Gasteiger partial charge in [-0.1, -0.05) is 24.3 Å². The van der Waals surface area contributed by atoms with Crippen molar-refractivity contribution < 1.29 is 9.84 Å². The van der Waals surface area contributed by atoms with Gasteiger partial charge in [-0.25, -0.2) is 4.79 Å². The summed E-state index contributed by atoms with van der Waals surface area (Å²) in [5.41, 5.74) is 2.63. The summed E-state index contributed by atoms with van der Waals surface area (Å²) in [5.74, 6) is 0.717. The van der Waals surface area contributed by atoms with Gasteiger partial charge >= 0.3 is 5.69 Å². The Hall–Kier alpha value is -2.53. The summed E-state index contributed by atoms with van der Waals surface area (Å²) < 4.78 is 8.78. The van der Waals surface area contributed by atoms with Gasteiger partial charge in [-0.05, 0) is 36.8 Å². The van der Waals surface area contributed by atoms with Crippen LogP contribution in [0.15, 0.2) is 53.3 Å². The lowest BCUT2D eigenvalue weighted by molar-refractivity contribution is 0.0925. The van der Waals surface area contributed by atoms with Gasteiger partial charge in [-0.3, -0.25) is 9.13 Å². The Morgan fingerprint density at radius 2 is 1.87 bits per heavy atom. The molecule has 0 aliphatic rings. The van der Waals surface area contributed by atoms with Crippen LogP contribution in [0.25, 0.3) is 11.0 Å². The number of ether oxygens (including phenoxy) is 1. The zero-order chi connectivity index (χ0) is 16.4. The monoisotopic (exact) mass is 312 g/mol. The van der Waals surface area contributed by atoms with Crippen LogP contribution in [-0.2, 0) is 13.6 Å². The molecule has 1 N–H and O–H groups in total. The van der Waals surface area contributed by atoms with Crippen LogP contribution in [0.3, 0.4) is 0 Å². The van der Waals surface area contributed by atoms with Crippen molar-refractivity contribution in [2.24, 2.45) is 7.05 Å². The molecule has 120 valence electrons. The summed E-state index contributed by atoms with van der Waals surface area (Å²) in [7, 11) is 1.73. The number of fused-ring (bicyclic) bond motifs is 1. The van der Waals surface area contributed by atoms with E-state index in [1.807, 2.05) is 55.5 Å². The van der Waals surface area contributed by atoms with Crippen LogP contribution >= 0.6 is 0 Å². The third-order valence-electron chi connectivity index (χ3n) is 3.88. The fraction of sp³-hybridized carbons (Fsp3) is 0.278. The summed E-state index contributed by atoms with van der Waals surface area (Å²) in [6, 6.07) is 15.2. The van der Waals surface area contributed by atoms with Crippen molar-refractivity contribution in [1.82, 2.24) is 9.13 Å². The van der Waals surface area contributed by atoms with Crippen molar-refractivity contribution in [1.29, 1.82) is 0 Å². The molecule has 0 aliphatic heterocycles. The van der Waals surface area contributed by atoms with Crippen LogP contribution in [0.4, 0.5) is 0 Å². The minimum absolute atomic E-state index is 0.138.